The van der Waals surface area contributed by atoms with Crippen LogP contribution in [-0.4, -0.2) is 6.04 Å². The van der Waals surface area contributed by atoms with Crippen molar-refractivity contribution in [1.29, 1.82) is 5.26 Å². The van der Waals surface area contributed by atoms with Gasteiger partial charge in [0.05, 0.1) is 5.56 Å². The first-order chi connectivity index (χ1) is 8.70. The smallest absolute Gasteiger partial charge is 0.143 e. The predicted molar refractivity (Wildman–Crippen MR) is 70.8 cm³/mol. The van der Waals surface area contributed by atoms with E-state index in [9.17, 15) is 4.39 Å². The van der Waals surface area contributed by atoms with Crippen LogP contribution < -0.4 is 5.32 Å². The van der Waals surface area contributed by atoms with E-state index in [0.717, 1.165) is 12.1 Å². The summed E-state index contributed by atoms with van der Waals surface area (Å²) in [5, 5.41) is 12.1. The van der Waals surface area contributed by atoms with Crippen LogP contribution in [0.4, 0.5) is 10.1 Å². The maximum atomic E-state index is 13.5. The molecule has 1 saturated carbocycles. The van der Waals surface area contributed by atoms with Crippen molar-refractivity contribution in [1.82, 2.24) is 0 Å². The fraction of sp³-hybridized carbons (Fsp3) is 0.533. The molecule has 0 aromatic heterocycles. The lowest BCUT2D eigenvalue weighted by molar-refractivity contribution is 0.456. The fourth-order valence-electron chi connectivity index (χ4n) is 2.62. The van der Waals surface area contributed by atoms with Gasteiger partial charge in [-0.05, 0) is 37.0 Å². The fourth-order valence-corrected chi connectivity index (χ4v) is 2.62. The minimum Gasteiger partial charge on any atom is -0.382 e. The van der Waals surface area contributed by atoms with E-state index in [4.69, 9.17) is 5.26 Å². The molecule has 1 aromatic rings. The molecular weight excluding hydrogens is 227 g/mol. The lowest BCUT2D eigenvalue weighted by Gasteiger charge is -2.24. The van der Waals surface area contributed by atoms with E-state index in [-0.39, 0.29) is 5.56 Å². The summed E-state index contributed by atoms with van der Waals surface area (Å²) in [7, 11) is 0. The summed E-state index contributed by atoms with van der Waals surface area (Å²) < 4.78 is 13.5. The molecule has 0 heterocycles. The van der Waals surface area contributed by atoms with E-state index in [2.05, 4.69) is 12.2 Å². The van der Waals surface area contributed by atoms with E-state index in [1.54, 1.807) is 12.1 Å². The summed E-state index contributed by atoms with van der Waals surface area (Å²) in [4.78, 5) is 0. The summed E-state index contributed by atoms with van der Waals surface area (Å²) >= 11 is 0. The number of hydrogen-bond acceptors (Lipinski definition) is 2. The first-order valence-electron chi connectivity index (χ1n) is 6.67. The molecule has 2 unspecified atom stereocenters. The van der Waals surface area contributed by atoms with Crippen molar-refractivity contribution < 1.29 is 4.39 Å². The van der Waals surface area contributed by atoms with Gasteiger partial charge in [-0.2, -0.15) is 5.26 Å². The van der Waals surface area contributed by atoms with Crippen LogP contribution in [0.1, 0.15) is 44.6 Å². The molecule has 0 saturated heterocycles. The summed E-state index contributed by atoms with van der Waals surface area (Å²) in [6.45, 7) is 2.25. The Balaban J connectivity index is 2.08. The molecule has 3 heteroatoms. The van der Waals surface area contributed by atoms with Gasteiger partial charge in [-0.15, -0.1) is 0 Å². The molecule has 0 spiro atoms. The van der Waals surface area contributed by atoms with E-state index in [1.165, 1.54) is 31.7 Å². The highest BCUT2D eigenvalue weighted by Crippen LogP contribution is 2.26. The second-order valence-corrected chi connectivity index (χ2v) is 5.17. The summed E-state index contributed by atoms with van der Waals surface area (Å²) in [5.74, 6) is 0.176. The third-order valence-electron chi connectivity index (χ3n) is 3.80. The van der Waals surface area contributed by atoms with Gasteiger partial charge in [-0.25, -0.2) is 4.39 Å². The molecular formula is C15H19FN2. The Hall–Kier alpha value is -1.56. The molecule has 1 aliphatic carbocycles. The molecule has 0 radical (unpaired) electrons. The minimum absolute atomic E-state index is 0.106. The van der Waals surface area contributed by atoms with Crippen LogP contribution in [0.15, 0.2) is 18.2 Å². The number of nitrogens with zero attached hydrogens (tertiary/aromatic N) is 1. The second-order valence-electron chi connectivity index (χ2n) is 5.17. The molecule has 0 amide bonds. The Kier molecular flexibility index (Phi) is 4.19. The van der Waals surface area contributed by atoms with E-state index < -0.39 is 5.82 Å². The quantitative estimate of drug-likeness (QED) is 0.798. The van der Waals surface area contributed by atoms with Crippen LogP contribution in [0.25, 0.3) is 0 Å². The molecule has 0 aliphatic heterocycles. The first kappa shape index (κ1) is 12.9. The predicted octanol–water partition coefficient (Wildman–Crippen LogP) is 4.08. The molecule has 96 valence electrons. The molecule has 1 N–H and O–H groups in total. The van der Waals surface area contributed by atoms with Crippen molar-refractivity contribution in [3.8, 4) is 6.07 Å². The first-order valence-corrected chi connectivity index (χ1v) is 6.67. The number of nitriles is 1. The monoisotopic (exact) mass is 246 g/mol. The molecule has 18 heavy (non-hydrogen) atoms. The Morgan fingerprint density at radius 1 is 1.28 bits per heavy atom. The van der Waals surface area contributed by atoms with Gasteiger partial charge in [-0.3, -0.25) is 0 Å². The molecule has 1 aliphatic rings. The third-order valence-corrected chi connectivity index (χ3v) is 3.80. The molecule has 2 rings (SSSR count). The number of halogens is 1. The Bertz CT molecular complexity index is 450. The van der Waals surface area contributed by atoms with Gasteiger partial charge in [0.1, 0.15) is 11.9 Å². The number of nitrogens with one attached hydrogen (secondary N) is 1. The summed E-state index contributed by atoms with van der Waals surface area (Å²) in [6, 6.07) is 7.02. The van der Waals surface area contributed by atoms with Crippen LogP contribution in [0, 0.1) is 23.1 Å². The van der Waals surface area contributed by atoms with Gasteiger partial charge in [0.15, 0.2) is 0 Å². The Morgan fingerprint density at radius 3 is 2.78 bits per heavy atom. The van der Waals surface area contributed by atoms with Gasteiger partial charge in [-0.1, -0.05) is 26.2 Å². The van der Waals surface area contributed by atoms with Crippen molar-refractivity contribution in [2.75, 3.05) is 5.32 Å². The van der Waals surface area contributed by atoms with Gasteiger partial charge in [0.2, 0.25) is 0 Å². The highest BCUT2D eigenvalue weighted by molar-refractivity contribution is 5.48. The van der Waals surface area contributed by atoms with E-state index in [1.807, 2.05) is 6.07 Å². The normalized spacial score (nSPS) is 24.1. The maximum absolute atomic E-state index is 13.5. The molecule has 2 nitrogen and oxygen atoms in total. The van der Waals surface area contributed by atoms with Crippen molar-refractivity contribution in [2.45, 2.75) is 45.1 Å². The third kappa shape index (κ3) is 3.01. The zero-order chi connectivity index (χ0) is 13.0. The highest BCUT2D eigenvalue weighted by atomic mass is 19.1. The number of anilines is 1. The van der Waals surface area contributed by atoms with Crippen LogP contribution in [0.5, 0.6) is 0 Å². The summed E-state index contributed by atoms with van der Waals surface area (Å²) in [5.41, 5.74) is 0.889. The topological polar surface area (TPSA) is 35.8 Å². The van der Waals surface area contributed by atoms with Crippen LogP contribution in [0.3, 0.4) is 0 Å². The van der Waals surface area contributed by atoms with Gasteiger partial charge in [0.25, 0.3) is 0 Å². The summed E-state index contributed by atoms with van der Waals surface area (Å²) in [6.07, 6.45) is 6.20. The number of hydrogen-bond donors (Lipinski definition) is 1. The lowest BCUT2D eigenvalue weighted by Crippen LogP contribution is -2.26. The second kappa shape index (κ2) is 5.86. The molecule has 0 bridgehead atoms. The van der Waals surface area contributed by atoms with Crippen LogP contribution in [0.2, 0.25) is 0 Å². The Morgan fingerprint density at radius 2 is 2.06 bits per heavy atom. The largest absolute Gasteiger partial charge is 0.382 e. The average molecular weight is 246 g/mol. The SMILES string of the molecule is CC1CCCCCC1Nc1ccc(C#N)c(F)c1. The van der Waals surface area contributed by atoms with Gasteiger partial charge < -0.3 is 5.32 Å². The van der Waals surface area contributed by atoms with Crippen molar-refractivity contribution in [3.05, 3.63) is 29.6 Å². The van der Waals surface area contributed by atoms with Crippen molar-refractivity contribution >= 4 is 5.69 Å². The Labute approximate surface area is 108 Å². The zero-order valence-electron chi connectivity index (χ0n) is 10.7. The van der Waals surface area contributed by atoms with Crippen molar-refractivity contribution in [2.24, 2.45) is 5.92 Å². The average Bonchev–Trinajstić information content (AvgIpc) is 2.55. The highest BCUT2D eigenvalue weighted by Gasteiger charge is 2.19. The zero-order valence-corrected chi connectivity index (χ0v) is 10.7. The van der Waals surface area contributed by atoms with Crippen molar-refractivity contribution in [3.63, 3.8) is 0 Å². The number of benzene rings is 1. The molecule has 2 atom stereocenters. The van der Waals surface area contributed by atoms with Gasteiger partial charge >= 0.3 is 0 Å². The number of rotatable bonds is 2. The standard InChI is InChI=1S/C15H19FN2/c1-11-5-3-2-4-6-15(11)18-13-8-7-12(10-17)14(16)9-13/h7-9,11,15,18H,2-6H2,1H3. The van der Waals surface area contributed by atoms with E-state index in [0.29, 0.717) is 12.0 Å². The van der Waals surface area contributed by atoms with E-state index >= 15 is 0 Å². The maximum Gasteiger partial charge on any atom is 0.143 e. The molecule has 1 aromatic carbocycles. The van der Waals surface area contributed by atoms with Crippen LogP contribution in [-0.2, 0) is 0 Å². The van der Waals surface area contributed by atoms with Crippen LogP contribution >= 0.6 is 0 Å². The van der Waals surface area contributed by atoms with Gasteiger partial charge in [0, 0.05) is 11.7 Å². The lowest BCUT2D eigenvalue weighted by atomic mass is 9.96. The minimum atomic E-state index is -0.441. The molecule has 1 fully saturated rings.